The van der Waals surface area contributed by atoms with Gasteiger partial charge in [0.15, 0.2) is 5.78 Å². The van der Waals surface area contributed by atoms with Gasteiger partial charge in [0.1, 0.15) is 0 Å². The van der Waals surface area contributed by atoms with Crippen LogP contribution in [0.1, 0.15) is 39.9 Å². The Morgan fingerprint density at radius 2 is 1.89 bits per heavy atom. The molecule has 1 amide bonds. The van der Waals surface area contributed by atoms with E-state index in [-0.39, 0.29) is 42.5 Å². The lowest BCUT2D eigenvalue weighted by atomic mass is 9.80. The van der Waals surface area contributed by atoms with Crippen LogP contribution >= 0.6 is 0 Å². The van der Waals surface area contributed by atoms with Crippen LogP contribution < -0.4 is 16.2 Å². The van der Waals surface area contributed by atoms with Gasteiger partial charge in [-0.2, -0.15) is 18.3 Å². The van der Waals surface area contributed by atoms with Crippen LogP contribution in [0.4, 0.5) is 24.5 Å². The summed E-state index contributed by atoms with van der Waals surface area (Å²) in [4.78, 5) is 37.3. The van der Waals surface area contributed by atoms with E-state index < -0.39 is 22.7 Å². The molecule has 11 heteroatoms. The van der Waals surface area contributed by atoms with E-state index in [0.717, 1.165) is 17.7 Å². The fraction of sp³-hybridized carbons (Fsp3) is 0.308. The number of amides is 1. The molecule has 0 bridgehead atoms. The highest BCUT2D eigenvalue weighted by Crippen LogP contribution is 2.37. The van der Waals surface area contributed by atoms with Gasteiger partial charge in [-0.1, -0.05) is 23.8 Å². The summed E-state index contributed by atoms with van der Waals surface area (Å²) in [5.41, 5.74) is -0.581. The first-order chi connectivity index (χ1) is 17.6. The number of alkyl halides is 3. The maximum Gasteiger partial charge on any atom is 0.418 e. The highest BCUT2D eigenvalue weighted by molar-refractivity contribution is 5.99. The normalized spacial score (nSPS) is 17.4. The largest absolute Gasteiger partial charge is 0.418 e. The molecule has 0 aliphatic carbocycles. The predicted molar refractivity (Wildman–Crippen MR) is 129 cm³/mol. The summed E-state index contributed by atoms with van der Waals surface area (Å²) in [5.74, 6) is -0.739. The van der Waals surface area contributed by atoms with E-state index in [9.17, 15) is 27.6 Å². The molecule has 1 atom stereocenters. The smallest absolute Gasteiger partial charge is 0.380 e. The maximum atomic E-state index is 13.4. The van der Waals surface area contributed by atoms with Crippen LogP contribution in [-0.2, 0) is 22.3 Å². The Morgan fingerprint density at radius 1 is 1.14 bits per heavy atom. The third-order valence-corrected chi connectivity index (χ3v) is 6.24. The fourth-order valence-corrected chi connectivity index (χ4v) is 4.18. The Kier molecular flexibility index (Phi) is 7.44. The Morgan fingerprint density at radius 3 is 2.54 bits per heavy atom. The molecule has 37 heavy (non-hydrogen) atoms. The number of halogens is 3. The average Bonchev–Trinajstić information content (AvgIpc) is 3.33. The molecule has 0 saturated carbocycles. The maximum absolute atomic E-state index is 13.4. The molecule has 3 aromatic rings. The first kappa shape index (κ1) is 26.1. The zero-order valence-corrected chi connectivity index (χ0v) is 19.9. The lowest BCUT2D eigenvalue weighted by Crippen LogP contribution is -2.42. The Labute approximate surface area is 210 Å². The van der Waals surface area contributed by atoms with Crippen molar-refractivity contribution in [2.24, 2.45) is 5.41 Å². The second-order valence-corrected chi connectivity index (χ2v) is 9.07. The van der Waals surface area contributed by atoms with Gasteiger partial charge >= 0.3 is 6.18 Å². The molecular formula is C26H25F3N4O4. The van der Waals surface area contributed by atoms with E-state index in [2.05, 4.69) is 20.8 Å². The molecule has 8 nitrogen and oxygen atoms in total. The van der Waals surface area contributed by atoms with Gasteiger partial charge in [-0.15, -0.1) is 0 Å². The Balaban J connectivity index is 1.40. The van der Waals surface area contributed by atoms with E-state index in [1.165, 1.54) is 12.3 Å². The number of hydrogen-bond acceptors (Lipinski definition) is 6. The lowest BCUT2D eigenvalue weighted by Gasteiger charge is -2.25. The van der Waals surface area contributed by atoms with Gasteiger partial charge in [0, 0.05) is 36.9 Å². The van der Waals surface area contributed by atoms with Crippen molar-refractivity contribution in [3.05, 3.63) is 87.3 Å². The van der Waals surface area contributed by atoms with Crippen LogP contribution in [0, 0.1) is 12.3 Å². The van der Waals surface area contributed by atoms with Gasteiger partial charge in [-0.25, -0.2) is 5.10 Å². The number of anilines is 2. The number of carbonyl (C=O) groups is 2. The van der Waals surface area contributed by atoms with Crippen molar-refractivity contribution in [1.82, 2.24) is 15.5 Å². The number of rotatable bonds is 8. The number of ether oxygens (including phenoxy) is 1. The molecule has 2 aromatic carbocycles. The second kappa shape index (κ2) is 10.6. The third kappa shape index (κ3) is 6.23. The minimum Gasteiger partial charge on any atom is -0.380 e. The summed E-state index contributed by atoms with van der Waals surface area (Å²) in [6.45, 7) is 2.15. The molecule has 4 rings (SSSR count). The predicted octanol–water partition coefficient (Wildman–Crippen LogP) is 4.14. The molecule has 2 heterocycles. The summed E-state index contributed by atoms with van der Waals surface area (Å²) in [5, 5.41) is 11.5. The summed E-state index contributed by atoms with van der Waals surface area (Å²) < 4.78 is 45.6. The molecule has 0 radical (unpaired) electrons. The molecular weight excluding hydrogens is 489 g/mol. The lowest BCUT2D eigenvalue weighted by molar-refractivity contribution is -0.137. The Hall–Kier alpha value is -3.99. The topological polar surface area (TPSA) is 113 Å². The van der Waals surface area contributed by atoms with Crippen LogP contribution in [0.3, 0.4) is 0 Å². The minimum absolute atomic E-state index is 0.0531. The van der Waals surface area contributed by atoms with Gasteiger partial charge in [-0.05, 0) is 43.2 Å². The van der Waals surface area contributed by atoms with Crippen molar-refractivity contribution in [3.63, 3.8) is 0 Å². The van der Waals surface area contributed by atoms with Crippen molar-refractivity contribution >= 4 is 23.1 Å². The number of nitrogens with zero attached hydrogens (tertiary/aromatic N) is 1. The molecule has 0 unspecified atom stereocenters. The number of ketones is 1. The van der Waals surface area contributed by atoms with E-state index in [0.29, 0.717) is 24.3 Å². The molecule has 1 aromatic heterocycles. The molecule has 0 spiro atoms. The van der Waals surface area contributed by atoms with Crippen molar-refractivity contribution in [2.75, 3.05) is 18.5 Å². The number of aromatic nitrogens is 2. The van der Waals surface area contributed by atoms with E-state index in [1.54, 1.807) is 37.3 Å². The number of Topliss-reactive ketones (excluding diaryl/α,β-unsaturated/α-hetero) is 1. The third-order valence-electron chi connectivity index (χ3n) is 6.24. The van der Waals surface area contributed by atoms with Crippen LogP contribution in [0.5, 0.6) is 0 Å². The number of hydrogen-bond donors (Lipinski definition) is 3. The van der Waals surface area contributed by atoms with Gasteiger partial charge in [0.2, 0.25) is 5.91 Å². The number of carbonyl (C=O) groups excluding carboxylic acids is 2. The van der Waals surface area contributed by atoms with Gasteiger partial charge in [-0.3, -0.25) is 14.4 Å². The highest BCUT2D eigenvalue weighted by Gasteiger charge is 2.44. The standard InChI is InChI=1S/C26H25F3N4O4/c1-16-2-7-21(20(10-16)26(27,28)29)32-19-5-3-17(4-6-19)13-30-24(36)25(8-9-37-15-25)12-22(34)18-11-23(35)33-31-14-18/h2-7,10-11,14,32H,8-9,12-13,15H2,1H3,(H,30,36)(H,33,35)/t25-/m0/s1. The number of aromatic amines is 1. The molecule has 3 N–H and O–H groups in total. The summed E-state index contributed by atoms with van der Waals surface area (Å²) in [7, 11) is 0. The minimum atomic E-state index is -4.49. The number of H-pyrrole nitrogens is 1. The van der Waals surface area contributed by atoms with E-state index in [1.807, 2.05) is 0 Å². The zero-order valence-electron chi connectivity index (χ0n) is 19.9. The summed E-state index contributed by atoms with van der Waals surface area (Å²) in [6.07, 6.45) is -3.03. The zero-order chi connectivity index (χ0) is 26.6. The summed E-state index contributed by atoms with van der Waals surface area (Å²) in [6, 6.07) is 11.8. The first-order valence-electron chi connectivity index (χ1n) is 11.5. The first-order valence-corrected chi connectivity index (χ1v) is 11.5. The summed E-state index contributed by atoms with van der Waals surface area (Å²) >= 11 is 0. The van der Waals surface area contributed by atoms with Crippen molar-refractivity contribution in [1.29, 1.82) is 0 Å². The van der Waals surface area contributed by atoms with Crippen LogP contribution in [-0.4, -0.2) is 35.1 Å². The molecule has 194 valence electrons. The van der Waals surface area contributed by atoms with Gasteiger partial charge in [0.05, 0.1) is 29.5 Å². The number of nitrogens with one attached hydrogen (secondary N) is 3. The SMILES string of the molecule is Cc1ccc(Nc2ccc(CNC(=O)[C@]3(CC(=O)c4cn[nH]c(=O)c4)CCOC3)cc2)c(C(F)(F)F)c1. The van der Waals surface area contributed by atoms with Crippen molar-refractivity contribution in [3.8, 4) is 0 Å². The van der Waals surface area contributed by atoms with Crippen molar-refractivity contribution < 1.29 is 27.5 Å². The van der Waals surface area contributed by atoms with Crippen molar-refractivity contribution in [2.45, 2.75) is 32.5 Å². The molecule has 1 fully saturated rings. The molecule has 1 aliphatic rings. The van der Waals surface area contributed by atoms with Crippen LogP contribution in [0.25, 0.3) is 0 Å². The Bertz CT molecular complexity index is 1350. The monoisotopic (exact) mass is 514 g/mol. The fourth-order valence-electron chi connectivity index (χ4n) is 4.18. The molecule has 1 saturated heterocycles. The average molecular weight is 515 g/mol. The second-order valence-electron chi connectivity index (χ2n) is 9.07. The number of aryl methyl sites for hydroxylation is 1. The molecule has 1 aliphatic heterocycles. The van der Waals surface area contributed by atoms with E-state index >= 15 is 0 Å². The van der Waals surface area contributed by atoms with Gasteiger partial charge < -0.3 is 15.4 Å². The van der Waals surface area contributed by atoms with Crippen LogP contribution in [0.2, 0.25) is 0 Å². The number of benzene rings is 2. The quantitative estimate of drug-likeness (QED) is 0.390. The van der Waals surface area contributed by atoms with E-state index in [4.69, 9.17) is 4.74 Å². The van der Waals surface area contributed by atoms with Crippen LogP contribution in [0.15, 0.2) is 59.5 Å². The van der Waals surface area contributed by atoms with Gasteiger partial charge in [0.25, 0.3) is 5.56 Å². The highest BCUT2D eigenvalue weighted by atomic mass is 19.4.